The summed E-state index contributed by atoms with van der Waals surface area (Å²) in [5, 5.41) is 12.3. The van der Waals surface area contributed by atoms with Crippen LogP contribution in [0.1, 0.15) is 22.3 Å². The standard InChI is InChI=1S/C20H17F2N3O4S/c1-30(28,29)25-17-10-15(7-9-18(17)26)24-20(27)14-6-8-16(23-11-14)12-2-4-13(5-3-12)19(21)22/h2-11,19,25-26H,1H3,(H,24,27). The lowest BCUT2D eigenvalue weighted by Gasteiger charge is -2.10. The van der Waals surface area contributed by atoms with Crippen LogP contribution < -0.4 is 10.0 Å². The molecule has 3 rings (SSSR count). The second-order valence-corrected chi connectivity index (χ2v) is 8.16. The predicted octanol–water partition coefficient (Wildman–Crippen LogP) is 4.02. The quantitative estimate of drug-likeness (QED) is 0.402. The van der Waals surface area contributed by atoms with Gasteiger partial charge < -0.3 is 10.4 Å². The van der Waals surface area contributed by atoms with Gasteiger partial charge in [0.25, 0.3) is 12.3 Å². The van der Waals surface area contributed by atoms with E-state index in [9.17, 15) is 27.1 Å². The Hall–Kier alpha value is -3.53. The van der Waals surface area contributed by atoms with E-state index in [0.29, 0.717) is 11.3 Å². The number of hydrogen-bond acceptors (Lipinski definition) is 5. The summed E-state index contributed by atoms with van der Waals surface area (Å²) in [6.45, 7) is 0. The first-order valence-corrected chi connectivity index (χ1v) is 10.5. The zero-order valence-corrected chi connectivity index (χ0v) is 16.5. The molecule has 0 saturated carbocycles. The molecule has 0 saturated heterocycles. The zero-order valence-electron chi connectivity index (χ0n) is 15.6. The minimum Gasteiger partial charge on any atom is -0.506 e. The second-order valence-electron chi connectivity index (χ2n) is 6.42. The first-order valence-electron chi connectivity index (χ1n) is 8.59. The van der Waals surface area contributed by atoms with Gasteiger partial charge in [-0.2, -0.15) is 0 Å². The molecule has 0 bridgehead atoms. The molecule has 0 fully saturated rings. The molecule has 1 aromatic heterocycles. The monoisotopic (exact) mass is 433 g/mol. The lowest BCUT2D eigenvalue weighted by Crippen LogP contribution is -2.13. The van der Waals surface area contributed by atoms with E-state index in [1.165, 1.54) is 54.7 Å². The average molecular weight is 433 g/mol. The number of benzene rings is 2. The molecular formula is C20H17F2N3O4S. The molecule has 0 aliphatic carbocycles. The SMILES string of the molecule is CS(=O)(=O)Nc1cc(NC(=O)c2ccc(-c3ccc(C(F)F)cc3)nc2)ccc1O. The molecule has 1 amide bonds. The number of anilines is 2. The van der Waals surface area contributed by atoms with Gasteiger partial charge >= 0.3 is 0 Å². The van der Waals surface area contributed by atoms with Crippen LogP contribution in [0.25, 0.3) is 11.3 Å². The smallest absolute Gasteiger partial charge is 0.263 e. The summed E-state index contributed by atoms with van der Waals surface area (Å²) >= 11 is 0. The van der Waals surface area contributed by atoms with E-state index in [1.54, 1.807) is 6.07 Å². The van der Waals surface area contributed by atoms with Gasteiger partial charge in [-0.1, -0.05) is 24.3 Å². The largest absolute Gasteiger partial charge is 0.506 e. The molecule has 0 aliphatic heterocycles. The van der Waals surface area contributed by atoms with E-state index in [1.807, 2.05) is 0 Å². The third-order valence-corrected chi connectivity index (χ3v) is 4.62. The number of halogens is 2. The lowest BCUT2D eigenvalue weighted by molar-refractivity contribution is 0.102. The van der Waals surface area contributed by atoms with Crippen LogP contribution in [0.2, 0.25) is 0 Å². The Morgan fingerprint density at radius 3 is 2.33 bits per heavy atom. The van der Waals surface area contributed by atoms with Crippen LogP contribution in [0, 0.1) is 0 Å². The van der Waals surface area contributed by atoms with Crippen molar-refractivity contribution in [3.63, 3.8) is 0 Å². The van der Waals surface area contributed by atoms with Crippen molar-refractivity contribution in [2.24, 2.45) is 0 Å². The van der Waals surface area contributed by atoms with Gasteiger partial charge in [0.05, 0.1) is 23.2 Å². The number of aromatic hydroxyl groups is 1. The van der Waals surface area contributed by atoms with Crippen molar-refractivity contribution in [1.29, 1.82) is 0 Å². The molecule has 0 atom stereocenters. The number of phenolic OH excluding ortho intramolecular Hbond substituents is 1. The van der Waals surface area contributed by atoms with Gasteiger partial charge in [0.15, 0.2) is 0 Å². The molecule has 0 radical (unpaired) electrons. The normalized spacial score (nSPS) is 11.3. The number of aromatic nitrogens is 1. The van der Waals surface area contributed by atoms with Gasteiger partial charge in [-0.15, -0.1) is 0 Å². The third-order valence-electron chi connectivity index (χ3n) is 4.03. The van der Waals surface area contributed by atoms with Crippen molar-refractivity contribution in [3.05, 3.63) is 71.9 Å². The summed E-state index contributed by atoms with van der Waals surface area (Å²) in [6, 6.07) is 12.7. The first kappa shape index (κ1) is 21.2. The van der Waals surface area contributed by atoms with Crippen molar-refractivity contribution in [2.45, 2.75) is 6.43 Å². The summed E-state index contributed by atoms with van der Waals surface area (Å²) in [6.07, 6.45) is -0.278. The number of carbonyl (C=O) groups is 1. The van der Waals surface area contributed by atoms with Crippen LogP contribution in [-0.4, -0.2) is 30.7 Å². The van der Waals surface area contributed by atoms with Crippen LogP contribution in [0.4, 0.5) is 20.2 Å². The molecular weight excluding hydrogens is 416 g/mol. The first-order chi connectivity index (χ1) is 14.1. The van der Waals surface area contributed by atoms with E-state index in [0.717, 1.165) is 6.26 Å². The van der Waals surface area contributed by atoms with Crippen LogP contribution in [-0.2, 0) is 10.0 Å². The highest BCUT2D eigenvalue weighted by atomic mass is 32.2. The molecule has 7 nitrogen and oxygen atoms in total. The predicted molar refractivity (Wildman–Crippen MR) is 109 cm³/mol. The Labute approximate surface area is 171 Å². The minimum atomic E-state index is -3.61. The lowest BCUT2D eigenvalue weighted by atomic mass is 10.1. The molecule has 156 valence electrons. The van der Waals surface area contributed by atoms with Crippen molar-refractivity contribution in [2.75, 3.05) is 16.3 Å². The number of amides is 1. The number of sulfonamides is 1. The van der Waals surface area contributed by atoms with E-state index < -0.39 is 22.4 Å². The van der Waals surface area contributed by atoms with Gasteiger partial charge in [-0.3, -0.25) is 14.5 Å². The van der Waals surface area contributed by atoms with E-state index in [2.05, 4.69) is 15.0 Å². The van der Waals surface area contributed by atoms with Gasteiger partial charge in [0.2, 0.25) is 10.0 Å². The maximum atomic E-state index is 12.6. The molecule has 3 N–H and O–H groups in total. The van der Waals surface area contributed by atoms with Crippen LogP contribution >= 0.6 is 0 Å². The number of carbonyl (C=O) groups excluding carboxylic acids is 1. The number of nitrogens with one attached hydrogen (secondary N) is 2. The fourth-order valence-corrected chi connectivity index (χ4v) is 3.16. The zero-order chi connectivity index (χ0) is 21.9. The second kappa shape index (κ2) is 8.46. The Bertz CT molecular complexity index is 1170. The Morgan fingerprint density at radius 2 is 1.77 bits per heavy atom. The number of pyridine rings is 1. The minimum absolute atomic E-state index is 0.0731. The highest BCUT2D eigenvalue weighted by Crippen LogP contribution is 2.28. The molecule has 2 aromatic carbocycles. The number of alkyl halides is 2. The number of phenols is 1. The Balaban J connectivity index is 1.74. The van der Waals surface area contributed by atoms with E-state index in [4.69, 9.17) is 0 Å². The summed E-state index contributed by atoms with van der Waals surface area (Å²) < 4.78 is 50.1. The molecule has 30 heavy (non-hydrogen) atoms. The molecule has 0 unspecified atom stereocenters. The van der Waals surface area contributed by atoms with Crippen LogP contribution in [0.5, 0.6) is 5.75 Å². The van der Waals surface area contributed by atoms with Gasteiger partial charge in [0.1, 0.15) is 5.75 Å². The fourth-order valence-electron chi connectivity index (χ4n) is 2.60. The van der Waals surface area contributed by atoms with Crippen molar-refractivity contribution < 1.29 is 27.1 Å². The highest BCUT2D eigenvalue weighted by Gasteiger charge is 2.12. The van der Waals surface area contributed by atoms with Crippen molar-refractivity contribution in [1.82, 2.24) is 4.98 Å². The maximum Gasteiger partial charge on any atom is 0.263 e. The molecule has 0 aliphatic rings. The van der Waals surface area contributed by atoms with E-state index in [-0.39, 0.29) is 28.3 Å². The molecule has 3 aromatic rings. The highest BCUT2D eigenvalue weighted by molar-refractivity contribution is 7.92. The van der Waals surface area contributed by atoms with Gasteiger partial charge in [0, 0.05) is 23.0 Å². The Kier molecular flexibility index (Phi) is 5.97. The summed E-state index contributed by atoms with van der Waals surface area (Å²) in [4.78, 5) is 16.6. The fraction of sp³-hybridized carbons (Fsp3) is 0.100. The van der Waals surface area contributed by atoms with Gasteiger partial charge in [-0.25, -0.2) is 17.2 Å². The molecule has 10 heteroatoms. The number of hydrogen-bond donors (Lipinski definition) is 3. The third kappa shape index (κ3) is 5.29. The van der Waals surface area contributed by atoms with Crippen LogP contribution in [0.3, 0.4) is 0 Å². The maximum absolute atomic E-state index is 12.6. The van der Waals surface area contributed by atoms with Crippen molar-refractivity contribution >= 4 is 27.3 Å². The summed E-state index contributed by atoms with van der Waals surface area (Å²) in [7, 11) is -3.61. The van der Waals surface area contributed by atoms with Crippen LogP contribution in [0.15, 0.2) is 60.8 Å². The van der Waals surface area contributed by atoms with Gasteiger partial charge in [-0.05, 0) is 30.3 Å². The summed E-state index contributed by atoms with van der Waals surface area (Å²) in [5.41, 5.74) is 1.46. The number of rotatable bonds is 6. The Morgan fingerprint density at radius 1 is 1.07 bits per heavy atom. The average Bonchev–Trinajstić information content (AvgIpc) is 2.69. The molecule has 0 spiro atoms. The molecule has 1 heterocycles. The topological polar surface area (TPSA) is 108 Å². The van der Waals surface area contributed by atoms with Crippen molar-refractivity contribution in [3.8, 4) is 17.0 Å². The van der Waals surface area contributed by atoms with E-state index >= 15 is 0 Å². The summed E-state index contributed by atoms with van der Waals surface area (Å²) in [5.74, 6) is -0.791. The number of nitrogens with zero attached hydrogens (tertiary/aromatic N) is 1.